The van der Waals surface area contributed by atoms with Gasteiger partial charge in [-0.05, 0) is 60.0 Å². The molecule has 4 rings (SSSR count). The molecule has 0 atom stereocenters. The average molecular weight is 492 g/mol. The van der Waals surface area contributed by atoms with E-state index < -0.39 is 15.9 Å². The molecule has 0 radical (unpaired) electrons. The molecule has 0 saturated carbocycles. The second kappa shape index (κ2) is 9.90. The lowest BCUT2D eigenvalue weighted by Crippen LogP contribution is -2.26. The number of nitrogens with one attached hydrogen (secondary N) is 2. The summed E-state index contributed by atoms with van der Waals surface area (Å²) in [6, 6.07) is 24.8. The number of carbonyl (C=O) groups is 2. The van der Waals surface area contributed by atoms with Gasteiger partial charge in [-0.25, -0.2) is 8.42 Å². The van der Waals surface area contributed by atoms with Gasteiger partial charge in [0.2, 0.25) is 0 Å². The molecule has 4 aromatic rings. The van der Waals surface area contributed by atoms with Gasteiger partial charge in [-0.3, -0.25) is 13.9 Å². The largest absolute Gasteiger partial charge is 0.322 e. The number of thiophene rings is 1. The van der Waals surface area contributed by atoms with Crippen LogP contribution in [0, 0.1) is 0 Å². The van der Waals surface area contributed by atoms with Crippen LogP contribution in [0.1, 0.15) is 20.0 Å². The minimum atomic E-state index is -3.86. The Kier molecular flexibility index (Phi) is 6.76. The van der Waals surface area contributed by atoms with Gasteiger partial charge in [-0.2, -0.15) is 0 Å². The van der Waals surface area contributed by atoms with Gasteiger partial charge in [0.25, 0.3) is 21.8 Å². The van der Waals surface area contributed by atoms with E-state index in [-0.39, 0.29) is 16.4 Å². The molecule has 7 nitrogen and oxygen atoms in total. The Bertz CT molecular complexity index is 1420. The Morgan fingerprint density at radius 1 is 0.765 bits per heavy atom. The summed E-state index contributed by atoms with van der Waals surface area (Å²) in [5, 5.41) is 7.36. The molecule has 1 aromatic heterocycles. The van der Waals surface area contributed by atoms with E-state index >= 15 is 0 Å². The van der Waals surface area contributed by atoms with Gasteiger partial charge in [0.15, 0.2) is 0 Å². The monoisotopic (exact) mass is 491 g/mol. The minimum Gasteiger partial charge on any atom is -0.322 e. The zero-order chi connectivity index (χ0) is 24.1. The molecular weight excluding hydrogens is 470 g/mol. The van der Waals surface area contributed by atoms with E-state index in [9.17, 15) is 18.0 Å². The first kappa shape index (κ1) is 23.2. The summed E-state index contributed by atoms with van der Waals surface area (Å²) in [5.74, 6) is -0.708. The molecule has 1 heterocycles. The first-order valence-corrected chi connectivity index (χ1v) is 12.6. The standard InChI is InChI=1S/C25H21N3O4S2/c1-28(21-11-3-2-4-12-21)34(31,32)22-13-5-8-18(16-22)24(29)26-19-9-6-10-20(17-19)27-25(30)23-14-7-15-33-23/h2-17H,1H3,(H,26,29)(H,27,30). The highest BCUT2D eigenvalue weighted by Crippen LogP contribution is 2.23. The van der Waals surface area contributed by atoms with Gasteiger partial charge in [-0.1, -0.05) is 36.4 Å². The van der Waals surface area contributed by atoms with E-state index in [4.69, 9.17) is 0 Å². The second-order valence-corrected chi connectivity index (χ2v) is 10.2. The predicted octanol–water partition coefficient (Wildman–Crippen LogP) is 5.08. The maximum absolute atomic E-state index is 13.1. The van der Waals surface area contributed by atoms with Gasteiger partial charge in [0.05, 0.1) is 15.5 Å². The maximum Gasteiger partial charge on any atom is 0.265 e. The van der Waals surface area contributed by atoms with Crippen LogP contribution in [-0.4, -0.2) is 27.3 Å². The molecule has 34 heavy (non-hydrogen) atoms. The van der Waals surface area contributed by atoms with Crippen molar-refractivity contribution >= 4 is 50.2 Å². The molecule has 2 amide bonds. The number of benzene rings is 3. The molecule has 0 aliphatic rings. The number of carbonyl (C=O) groups excluding carboxylic acids is 2. The molecule has 0 saturated heterocycles. The van der Waals surface area contributed by atoms with Crippen LogP contribution in [0.25, 0.3) is 0 Å². The number of rotatable bonds is 7. The Hall–Kier alpha value is -3.95. The van der Waals surface area contributed by atoms with Crippen LogP contribution in [0.3, 0.4) is 0 Å². The number of anilines is 3. The summed E-state index contributed by atoms with van der Waals surface area (Å²) in [5.41, 5.74) is 1.69. The number of nitrogens with zero attached hydrogens (tertiary/aromatic N) is 1. The van der Waals surface area contributed by atoms with E-state index in [1.165, 1.54) is 40.9 Å². The molecule has 0 unspecified atom stereocenters. The number of hydrogen-bond donors (Lipinski definition) is 2. The van der Waals surface area contributed by atoms with E-state index in [1.54, 1.807) is 72.8 Å². The third-order valence-corrected chi connectivity index (χ3v) is 7.65. The Labute approximate surface area is 201 Å². The quantitative estimate of drug-likeness (QED) is 0.377. The Balaban J connectivity index is 1.50. The number of sulfonamides is 1. The molecule has 0 spiro atoms. The zero-order valence-electron chi connectivity index (χ0n) is 18.1. The van der Waals surface area contributed by atoms with Crippen molar-refractivity contribution in [2.24, 2.45) is 0 Å². The average Bonchev–Trinajstić information content (AvgIpc) is 3.40. The fourth-order valence-electron chi connectivity index (χ4n) is 3.21. The van der Waals surface area contributed by atoms with Crippen molar-refractivity contribution < 1.29 is 18.0 Å². The van der Waals surface area contributed by atoms with Crippen molar-refractivity contribution in [3.8, 4) is 0 Å². The van der Waals surface area contributed by atoms with Crippen molar-refractivity contribution in [1.29, 1.82) is 0 Å². The summed E-state index contributed by atoms with van der Waals surface area (Å²) >= 11 is 1.33. The number of amides is 2. The van der Waals surface area contributed by atoms with Crippen molar-refractivity contribution in [2.75, 3.05) is 22.0 Å². The van der Waals surface area contributed by atoms with Crippen molar-refractivity contribution in [3.63, 3.8) is 0 Å². The van der Waals surface area contributed by atoms with Crippen LogP contribution in [-0.2, 0) is 10.0 Å². The van der Waals surface area contributed by atoms with E-state index in [0.717, 1.165) is 0 Å². The molecular formula is C25H21N3O4S2. The normalized spacial score (nSPS) is 11.0. The number of hydrogen-bond acceptors (Lipinski definition) is 5. The van der Waals surface area contributed by atoms with E-state index in [0.29, 0.717) is 21.9 Å². The highest BCUT2D eigenvalue weighted by atomic mass is 32.2. The van der Waals surface area contributed by atoms with Crippen LogP contribution in [0.2, 0.25) is 0 Å². The number of para-hydroxylation sites is 1. The Morgan fingerprint density at radius 2 is 1.44 bits per heavy atom. The smallest absolute Gasteiger partial charge is 0.265 e. The molecule has 172 valence electrons. The fourth-order valence-corrected chi connectivity index (χ4v) is 5.07. The van der Waals surface area contributed by atoms with Gasteiger partial charge in [0, 0.05) is 24.0 Å². The van der Waals surface area contributed by atoms with E-state index in [2.05, 4.69) is 10.6 Å². The molecule has 3 aromatic carbocycles. The lowest BCUT2D eigenvalue weighted by Gasteiger charge is -2.19. The summed E-state index contributed by atoms with van der Waals surface area (Å²) in [6.45, 7) is 0. The molecule has 0 aliphatic carbocycles. The summed E-state index contributed by atoms with van der Waals surface area (Å²) in [6.07, 6.45) is 0. The zero-order valence-corrected chi connectivity index (χ0v) is 19.8. The topological polar surface area (TPSA) is 95.6 Å². The lowest BCUT2D eigenvalue weighted by atomic mass is 10.2. The molecule has 0 aliphatic heterocycles. The summed E-state index contributed by atoms with van der Waals surface area (Å²) in [7, 11) is -2.39. The van der Waals surface area contributed by atoms with Gasteiger partial charge in [-0.15, -0.1) is 11.3 Å². The highest BCUT2D eigenvalue weighted by Gasteiger charge is 2.22. The van der Waals surface area contributed by atoms with Gasteiger partial charge >= 0.3 is 0 Å². The molecule has 0 bridgehead atoms. The van der Waals surface area contributed by atoms with Crippen LogP contribution in [0.4, 0.5) is 17.1 Å². The van der Waals surface area contributed by atoms with Gasteiger partial charge in [0.1, 0.15) is 0 Å². The van der Waals surface area contributed by atoms with E-state index in [1.807, 2.05) is 5.38 Å². The molecule has 2 N–H and O–H groups in total. The first-order valence-electron chi connectivity index (χ1n) is 10.2. The molecule has 9 heteroatoms. The minimum absolute atomic E-state index is 0.00321. The van der Waals surface area contributed by atoms with Gasteiger partial charge < -0.3 is 10.6 Å². The summed E-state index contributed by atoms with van der Waals surface area (Å²) < 4.78 is 27.3. The van der Waals surface area contributed by atoms with Crippen LogP contribution >= 0.6 is 11.3 Å². The van der Waals surface area contributed by atoms with Crippen LogP contribution < -0.4 is 14.9 Å². The predicted molar refractivity (Wildman–Crippen MR) is 135 cm³/mol. The van der Waals surface area contributed by atoms with Crippen molar-refractivity contribution in [1.82, 2.24) is 0 Å². The third-order valence-electron chi connectivity index (χ3n) is 5.00. The highest BCUT2D eigenvalue weighted by molar-refractivity contribution is 7.92. The van der Waals surface area contributed by atoms with Crippen molar-refractivity contribution in [2.45, 2.75) is 4.90 Å². The second-order valence-electron chi connectivity index (χ2n) is 7.30. The third kappa shape index (κ3) is 5.16. The van der Waals surface area contributed by atoms with Crippen LogP contribution in [0.5, 0.6) is 0 Å². The summed E-state index contributed by atoms with van der Waals surface area (Å²) in [4.78, 5) is 25.7. The molecule has 0 fully saturated rings. The first-order chi connectivity index (χ1) is 16.3. The fraction of sp³-hybridized carbons (Fsp3) is 0.0400. The van der Waals surface area contributed by atoms with Crippen LogP contribution in [0.15, 0.2) is 101 Å². The SMILES string of the molecule is CN(c1ccccc1)S(=O)(=O)c1cccc(C(=O)Nc2cccc(NC(=O)c3cccs3)c2)c1. The van der Waals surface area contributed by atoms with Crippen molar-refractivity contribution in [3.05, 3.63) is 107 Å². The maximum atomic E-state index is 13.1. The lowest BCUT2D eigenvalue weighted by molar-refractivity contribution is 0.102. The Morgan fingerprint density at radius 3 is 2.12 bits per heavy atom.